The van der Waals surface area contributed by atoms with Crippen molar-refractivity contribution in [2.24, 2.45) is 0 Å². The normalized spacial score (nSPS) is 19.0. The van der Waals surface area contributed by atoms with E-state index in [9.17, 15) is 13.2 Å². The summed E-state index contributed by atoms with van der Waals surface area (Å²) in [7, 11) is -3.72. The summed E-state index contributed by atoms with van der Waals surface area (Å²) >= 11 is 1.53. The Balaban J connectivity index is 1.21. The summed E-state index contributed by atoms with van der Waals surface area (Å²) < 4.78 is 33.8. The molecule has 0 spiro atoms. The van der Waals surface area contributed by atoms with Gasteiger partial charge in [-0.25, -0.2) is 18.1 Å². The Labute approximate surface area is 200 Å². The van der Waals surface area contributed by atoms with E-state index in [-0.39, 0.29) is 23.5 Å². The molecule has 4 rings (SSSR count). The first-order valence-electron chi connectivity index (χ1n) is 11.5. The van der Waals surface area contributed by atoms with Crippen molar-refractivity contribution in [3.63, 3.8) is 0 Å². The molecule has 2 aliphatic heterocycles. The number of aryl methyl sites for hydroxylation is 2. The Morgan fingerprint density at radius 3 is 2.55 bits per heavy atom. The Kier molecular flexibility index (Phi) is 7.68. The van der Waals surface area contributed by atoms with Crippen LogP contribution in [0, 0.1) is 13.8 Å². The molecule has 2 aromatic rings. The van der Waals surface area contributed by atoms with Crippen molar-refractivity contribution in [2.75, 3.05) is 32.7 Å². The van der Waals surface area contributed by atoms with Gasteiger partial charge in [-0.2, -0.15) is 0 Å². The van der Waals surface area contributed by atoms with E-state index in [4.69, 9.17) is 4.74 Å². The van der Waals surface area contributed by atoms with Gasteiger partial charge in [-0.15, -0.1) is 0 Å². The zero-order valence-corrected chi connectivity index (χ0v) is 20.8. The van der Waals surface area contributed by atoms with Gasteiger partial charge in [-0.1, -0.05) is 23.5 Å². The van der Waals surface area contributed by atoms with E-state index in [2.05, 4.69) is 14.6 Å². The topological polar surface area (TPSA) is 91.8 Å². The van der Waals surface area contributed by atoms with Crippen LogP contribution in [-0.4, -0.2) is 74.0 Å². The average molecular weight is 493 g/mol. The van der Waals surface area contributed by atoms with E-state index in [0.29, 0.717) is 24.7 Å². The van der Waals surface area contributed by atoms with Crippen molar-refractivity contribution in [1.82, 2.24) is 19.5 Å². The number of piperidine rings is 2. The minimum Gasteiger partial charge on any atom is -0.467 e. The van der Waals surface area contributed by atoms with Crippen LogP contribution in [0.15, 0.2) is 34.7 Å². The predicted octanol–water partition coefficient (Wildman–Crippen LogP) is 2.57. The number of rotatable bonds is 7. The van der Waals surface area contributed by atoms with Crippen LogP contribution in [0.5, 0.6) is 5.19 Å². The second-order valence-corrected chi connectivity index (χ2v) is 11.4. The summed E-state index contributed by atoms with van der Waals surface area (Å²) in [5, 5.41) is 2.67. The number of sulfonamides is 1. The summed E-state index contributed by atoms with van der Waals surface area (Å²) in [4.78, 5) is 21.4. The molecule has 0 aliphatic carbocycles. The molecular weight excluding hydrogens is 460 g/mol. The summed E-state index contributed by atoms with van der Waals surface area (Å²) in [6.45, 7) is 6.70. The standard InChI is InChI=1S/C23H32N4O4S2/c1-17-3-4-18(2)21(15-17)33(29,30)25-16-22(28)27-10-5-19(6-11-27)26-12-7-20(8-13-26)31-23-24-9-14-32-23/h3-4,9,14-15,19-20,25H,5-8,10-13,16H2,1-2H3. The highest BCUT2D eigenvalue weighted by atomic mass is 32.2. The molecular formula is C23H32N4O4S2. The minimum atomic E-state index is -3.72. The van der Waals surface area contributed by atoms with E-state index in [1.807, 2.05) is 18.4 Å². The van der Waals surface area contributed by atoms with Crippen LogP contribution in [0.3, 0.4) is 0 Å². The lowest BCUT2D eigenvalue weighted by atomic mass is 9.99. The maximum atomic E-state index is 12.7. The lowest BCUT2D eigenvalue weighted by molar-refractivity contribution is -0.131. The number of thiazole rings is 1. The van der Waals surface area contributed by atoms with Crippen LogP contribution < -0.4 is 9.46 Å². The molecule has 2 saturated heterocycles. The first-order valence-corrected chi connectivity index (χ1v) is 13.8. The van der Waals surface area contributed by atoms with Gasteiger partial charge in [0.15, 0.2) is 0 Å². The lowest BCUT2D eigenvalue weighted by Crippen LogP contribution is -2.51. The van der Waals surface area contributed by atoms with Crippen LogP contribution in [0.2, 0.25) is 0 Å². The van der Waals surface area contributed by atoms with E-state index in [0.717, 1.165) is 49.5 Å². The van der Waals surface area contributed by atoms with E-state index in [1.54, 1.807) is 30.2 Å². The van der Waals surface area contributed by atoms with Gasteiger partial charge < -0.3 is 9.64 Å². The van der Waals surface area contributed by atoms with Crippen molar-refractivity contribution in [2.45, 2.75) is 56.6 Å². The van der Waals surface area contributed by atoms with Gasteiger partial charge in [0.2, 0.25) is 15.9 Å². The van der Waals surface area contributed by atoms with Gasteiger partial charge in [0.1, 0.15) is 6.10 Å². The molecule has 180 valence electrons. The van der Waals surface area contributed by atoms with E-state index in [1.165, 1.54) is 11.3 Å². The molecule has 1 aromatic heterocycles. The van der Waals surface area contributed by atoms with Gasteiger partial charge in [-0.05, 0) is 56.7 Å². The van der Waals surface area contributed by atoms with Crippen molar-refractivity contribution in [3.8, 4) is 5.19 Å². The fourth-order valence-corrected chi connectivity index (χ4v) is 6.45. The molecule has 0 atom stereocenters. The summed E-state index contributed by atoms with van der Waals surface area (Å²) in [6, 6.07) is 5.75. The van der Waals surface area contributed by atoms with Crippen LogP contribution in [0.1, 0.15) is 36.8 Å². The number of nitrogens with zero attached hydrogens (tertiary/aromatic N) is 3. The number of ether oxygens (including phenoxy) is 1. The van der Waals surface area contributed by atoms with Gasteiger partial charge >= 0.3 is 0 Å². The number of likely N-dealkylation sites (tertiary alicyclic amines) is 2. The minimum absolute atomic E-state index is 0.169. The van der Waals surface area contributed by atoms with Crippen LogP contribution in [0.4, 0.5) is 0 Å². The zero-order chi connectivity index (χ0) is 23.4. The first-order chi connectivity index (χ1) is 15.8. The highest BCUT2D eigenvalue weighted by molar-refractivity contribution is 7.89. The zero-order valence-electron chi connectivity index (χ0n) is 19.2. The molecule has 0 saturated carbocycles. The Morgan fingerprint density at radius 1 is 1.15 bits per heavy atom. The molecule has 8 nitrogen and oxygen atoms in total. The number of benzene rings is 1. The lowest BCUT2D eigenvalue weighted by Gasteiger charge is -2.41. The molecule has 1 amide bonds. The predicted molar refractivity (Wildman–Crippen MR) is 128 cm³/mol. The number of hydrogen-bond acceptors (Lipinski definition) is 7. The SMILES string of the molecule is Cc1ccc(C)c(S(=O)(=O)NCC(=O)N2CCC(N3CCC(Oc4nccs4)CC3)CC2)c1. The quantitative estimate of drug-likeness (QED) is 0.639. The smallest absolute Gasteiger partial charge is 0.273 e. The van der Waals surface area contributed by atoms with Crippen molar-refractivity contribution in [1.29, 1.82) is 0 Å². The van der Waals surface area contributed by atoms with Crippen molar-refractivity contribution in [3.05, 3.63) is 40.9 Å². The van der Waals surface area contributed by atoms with Gasteiger partial charge in [0.05, 0.1) is 11.4 Å². The summed E-state index contributed by atoms with van der Waals surface area (Å²) in [5.74, 6) is -0.169. The molecule has 2 aliphatic rings. The van der Waals surface area contributed by atoms with Gasteiger partial charge in [-0.3, -0.25) is 9.69 Å². The van der Waals surface area contributed by atoms with Crippen LogP contribution in [-0.2, 0) is 14.8 Å². The fourth-order valence-electron chi connectivity index (χ4n) is 4.59. The van der Waals surface area contributed by atoms with Crippen LogP contribution in [0.25, 0.3) is 0 Å². The molecule has 0 bridgehead atoms. The van der Waals surface area contributed by atoms with Gasteiger partial charge in [0, 0.05) is 43.8 Å². The molecule has 3 heterocycles. The third-order valence-corrected chi connectivity index (χ3v) is 8.74. The number of carbonyl (C=O) groups is 1. The highest BCUT2D eigenvalue weighted by Gasteiger charge is 2.30. The summed E-state index contributed by atoms with van der Waals surface area (Å²) in [6.07, 6.45) is 5.77. The maximum Gasteiger partial charge on any atom is 0.273 e. The second kappa shape index (κ2) is 10.5. The van der Waals surface area contributed by atoms with Crippen LogP contribution >= 0.6 is 11.3 Å². The van der Waals surface area contributed by atoms with E-state index < -0.39 is 10.0 Å². The molecule has 10 heteroatoms. The molecule has 1 aromatic carbocycles. The van der Waals surface area contributed by atoms with E-state index >= 15 is 0 Å². The maximum absolute atomic E-state index is 12.7. The van der Waals surface area contributed by atoms with Crippen molar-refractivity contribution < 1.29 is 17.9 Å². The molecule has 2 fully saturated rings. The number of hydrogen-bond donors (Lipinski definition) is 1. The fraction of sp³-hybridized carbons (Fsp3) is 0.565. The number of nitrogens with one attached hydrogen (secondary N) is 1. The molecule has 0 unspecified atom stereocenters. The third-order valence-electron chi connectivity index (χ3n) is 6.53. The Morgan fingerprint density at radius 2 is 1.88 bits per heavy atom. The molecule has 1 N–H and O–H groups in total. The number of aromatic nitrogens is 1. The molecule has 0 radical (unpaired) electrons. The largest absolute Gasteiger partial charge is 0.467 e. The monoisotopic (exact) mass is 492 g/mol. The average Bonchev–Trinajstić information content (AvgIpc) is 3.33. The first kappa shape index (κ1) is 24.1. The molecule has 33 heavy (non-hydrogen) atoms. The highest BCUT2D eigenvalue weighted by Crippen LogP contribution is 2.25. The Hall–Kier alpha value is -2.01. The second-order valence-electron chi connectivity index (χ2n) is 8.86. The van der Waals surface area contributed by atoms with Gasteiger partial charge in [0.25, 0.3) is 5.19 Å². The number of amides is 1. The third kappa shape index (κ3) is 6.11. The summed E-state index contributed by atoms with van der Waals surface area (Å²) in [5.41, 5.74) is 1.54. The Bertz CT molecular complexity index is 1040. The van der Waals surface area contributed by atoms with Crippen molar-refractivity contribution >= 4 is 27.3 Å². The number of carbonyl (C=O) groups excluding carboxylic acids is 1.